The molecule has 1 aromatic heterocycles. The minimum absolute atomic E-state index is 0.962. The fourth-order valence-corrected chi connectivity index (χ4v) is 2.53. The SMILES string of the molecule is Cc1cc(=[N+]2CCc3ccccc32)cc(C)o1. The van der Waals surface area contributed by atoms with Crippen LogP contribution < -0.4 is 9.93 Å². The molecule has 0 bridgehead atoms. The highest BCUT2D eigenvalue weighted by Crippen LogP contribution is 2.22. The number of hydrogen-bond acceptors (Lipinski definition) is 1. The number of benzene rings is 1. The summed E-state index contributed by atoms with van der Waals surface area (Å²) in [5.41, 5.74) is 2.76. The van der Waals surface area contributed by atoms with E-state index in [2.05, 4.69) is 41.0 Å². The van der Waals surface area contributed by atoms with Gasteiger partial charge in [-0.15, -0.1) is 0 Å². The molecule has 1 aliphatic heterocycles. The van der Waals surface area contributed by atoms with Gasteiger partial charge in [0.25, 0.3) is 0 Å². The summed E-state index contributed by atoms with van der Waals surface area (Å²) in [7, 11) is 0. The number of hydrogen-bond donors (Lipinski definition) is 0. The van der Waals surface area contributed by atoms with E-state index < -0.39 is 0 Å². The Labute approximate surface area is 101 Å². The highest BCUT2D eigenvalue weighted by Gasteiger charge is 2.23. The fraction of sp³-hybridized carbons (Fsp3) is 0.267. The maximum atomic E-state index is 5.54. The van der Waals surface area contributed by atoms with Crippen LogP contribution in [0.2, 0.25) is 0 Å². The molecule has 1 aromatic carbocycles. The second-order valence-electron chi connectivity index (χ2n) is 4.57. The molecule has 3 rings (SSSR count). The smallest absolute Gasteiger partial charge is 0.212 e. The van der Waals surface area contributed by atoms with E-state index in [1.807, 2.05) is 13.8 Å². The summed E-state index contributed by atoms with van der Waals surface area (Å²) in [6.07, 6.45) is 1.13. The predicted octanol–water partition coefficient (Wildman–Crippen LogP) is 2.56. The van der Waals surface area contributed by atoms with Crippen LogP contribution >= 0.6 is 0 Å². The first kappa shape index (κ1) is 10.3. The average molecular weight is 226 g/mol. The van der Waals surface area contributed by atoms with Crippen molar-refractivity contribution in [2.75, 3.05) is 6.54 Å². The Hall–Kier alpha value is -1.83. The average Bonchev–Trinajstić information content (AvgIpc) is 2.71. The Kier molecular flexibility index (Phi) is 2.36. The maximum Gasteiger partial charge on any atom is 0.212 e. The van der Waals surface area contributed by atoms with Crippen LogP contribution in [0.5, 0.6) is 0 Å². The quantitative estimate of drug-likeness (QED) is 0.631. The van der Waals surface area contributed by atoms with Crippen molar-refractivity contribution in [3.8, 4) is 0 Å². The van der Waals surface area contributed by atoms with E-state index in [4.69, 9.17) is 4.42 Å². The van der Waals surface area contributed by atoms with E-state index in [0.717, 1.165) is 24.5 Å². The van der Waals surface area contributed by atoms with E-state index >= 15 is 0 Å². The molecule has 2 heterocycles. The van der Waals surface area contributed by atoms with E-state index in [1.165, 1.54) is 16.6 Å². The van der Waals surface area contributed by atoms with Crippen LogP contribution in [0.4, 0.5) is 5.69 Å². The molecule has 0 saturated heterocycles. The molecule has 2 heteroatoms. The van der Waals surface area contributed by atoms with Crippen molar-refractivity contribution in [2.24, 2.45) is 0 Å². The lowest BCUT2D eigenvalue weighted by molar-refractivity contribution is 0.481. The highest BCUT2D eigenvalue weighted by molar-refractivity contribution is 5.50. The summed E-state index contributed by atoms with van der Waals surface area (Å²) >= 11 is 0. The van der Waals surface area contributed by atoms with Gasteiger partial charge < -0.3 is 4.42 Å². The number of aryl methyl sites for hydroxylation is 2. The monoisotopic (exact) mass is 226 g/mol. The van der Waals surface area contributed by atoms with Gasteiger partial charge in [0.15, 0.2) is 6.54 Å². The first-order chi connectivity index (χ1) is 8.24. The molecule has 2 aromatic rings. The zero-order valence-electron chi connectivity index (χ0n) is 10.2. The van der Waals surface area contributed by atoms with Crippen molar-refractivity contribution in [1.82, 2.24) is 4.58 Å². The Morgan fingerprint density at radius 3 is 2.53 bits per heavy atom. The number of rotatable bonds is 0. The Morgan fingerprint density at radius 2 is 1.76 bits per heavy atom. The van der Waals surface area contributed by atoms with E-state index in [1.54, 1.807) is 0 Å². The molecule has 0 unspecified atom stereocenters. The van der Waals surface area contributed by atoms with Gasteiger partial charge in [-0.05, 0) is 13.8 Å². The van der Waals surface area contributed by atoms with Gasteiger partial charge in [0, 0.05) is 30.2 Å². The summed E-state index contributed by atoms with van der Waals surface area (Å²) in [5, 5.41) is 1.23. The Morgan fingerprint density at radius 1 is 1.06 bits per heavy atom. The lowest BCUT2D eigenvalue weighted by atomic mass is 10.2. The molecule has 0 atom stereocenters. The summed E-state index contributed by atoms with van der Waals surface area (Å²) < 4.78 is 7.90. The first-order valence-electron chi connectivity index (χ1n) is 6.01. The van der Waals surface area contributed by atoms with Crippen LogP contribution in [0.15, 0.2) is 40.8 Å². The van der Waals surface area contributed by atoms with Gasteiger partial charge in [-0.25, -0.2) is 0 Å². The lowest BCUT2D eigenvalue weighted by Crippen LogP contribution is -2.23. The fourth-order valence-electron chi connectivity index (χ4n) is 2.53. The molecule has 0 spiro atoms. The zero-order chi connectivity index (χ0) is 11.8. The van der Waals surface area contributed by atoms with Crippen LogP contribution in [0, 0.1) is 13.8 Å². The summed E-state index contributed by atoms with van der Waals surface area (Å²) in [6, 6.07) is 12.8. The normalized spacial score (nSPS) is 13.9. The molecular formula is C15H16NO+. The summed E-state index contributed by atoms with van der Waals surface area (Å²) in [5.74, 6) is 1.92. The second kappa shape index (κ2) is 3.88. The van der Waals surface area contributed by atoms with Gasteiger partial charge in [-0.3, -0.25) is 0 Å². The third-order valence-corrected chi connectivity index (χ3v) is 3.22. The van der Waals surface area contributed by atoms with Crippen molar-refractivity contribution < 1.29 is 4.42 Å². The lowest BCUT2D eigenvalue weighted by Gasteiger charge is -1.98. The molecule has 0 N–H and O–H groups in total. The van der Waals surface area contributed by atoms with Crippen molar-refractivity contribution in [2.45, 2.75) is 20.3 Å². The second-order valence-corrected chi connectivity index (χ2v) is 4.57. The topological polar surface area (TPSA) is 16.1 Å². The number of fused-ring (bicyclic) bond motifs is 1. The summed E-state index contributed by atoms with van der Waals surface area (Å²) in [6.45, 7) is 5.05. The van der Waals surface area contributed by atoms with E-state index in [9.17, 15) is 0 Å². The molecular weight excluding hydrogens is 210 g/mol. The number of para-hydroxylation sites is 1. The van der Waals surface area contributed by atoms with Crippen molar-refractivity contribution >= 4 is 5.69 Å². The van der Waals surface area contributed by atoms with Gasteiger partial charge in [0.05, 0.1) is 0 Å². The van der Waals surface area contributed by atoms with Gasteiger partial charge in [-0.1, -0.05) is 18.2 Å². The molecule has 0 fully saturated rings. The van der Waals surface area contributed by atoms with Gasteiger partial charge in [-0.2, -0.15) is 4.58 Å². The van der Waals surface area contributed by atoms with Crippen molar-refractivity contribution in [3.05, 3.63) is 58.8 Å². The van der Waals surface area contributed by atoms with Gasteiger partial charge in [0.1, 0.15) is 11.5 Å². The molecule has 0 amide bonds. The molecule has 0 radical (unpaired) electrons. The molecule has 1 aliphatic rings. The van der Waals surface area contributed by atoms with Crippen LogP contribution in [-0.4, -0.2) is 6.54 Å². The number of nitrogens with zero attached hydrogens (tertiary/aromatic N) is 1. The van der Waals surface area contributed by atoms with Crippen LogP contribution in [0.25, 0.3) is 0 Å². The maximum absolute atomic E-state index is 5.54. The standard InChI is InChI=1S/C15H16NO/c1-11-9-14(10-12(2)17-11)16-8-7-13-5-3-4-6-15(13)16/h3-6,9-10H,7-8H2,1-2H3/q+1. The van der Waals surface area contributed by atoms with E-state index in [0.29, 0.717) is 0 Å². The molecule has 0 aliphatic carbocycles. The van der Waals surface area contributed by atoms with Crippen molar-refractivity contribution in [1.29, 1.82) is 0 Å². The highest BCUT2D eigenvalue weighted by atomic mass is 16.3. The molecule has 86 valence electrons. The van der Waals surface area contributed by atoms with Crippen LogP contribution in [0.1, 0.15) is 17.1 Å². The van der Waals surface area contributed by atoms with Gasteiger partial charge in [0.2, 0.25) is 11.0 Å². The zero-order valence-corrected chi connectivity index (χ0v) is 10.2. The molecule has 2 nitrogen and oxygen atoms in total. The molecule has 17 heavy (non-hydrogen) atoms. The van der Waals surface area contributed by atoms with E-state index in [-0.39, 0.29) is 0 Å². The summed E-state index contributed by atoms with van der Waals surface area (Å²) in [4.78, 5) is 0. The van der Waals surface area contributed by atoms with Crippen molar-refractivity contribution in [3.63, 3.8) is 0 Å². The Bertz CT molecular complexity index is 614. The van der Waals surface area contributed by atoms with Gasteiger partial charge >= 0.3 is 0 Å². The Balaban J connectivity index is 2.29. The third-order valence-electron chi connectivity index (χ3n) is 3.22. The first-order valence-corrected chi connectivity index (χ1v) is 6.01. The minimum Gasteiger partial charge on any atom is -0.466 e. The largest absolute Gasteiger partial charge is 0.466 e. The predicted molar refractivity (Wildman–Crippen MR) is 68.1 cm³/mol. The van der Waals surface area contributed by atoms with Crippen LogP contribution in [0.3, 0.4) is 0 Å². The molecule has 0 saturated carbocycles. The van der Waals surface area contributed by atoms with Crippen LogP contribution in [-0.2, 0) is 6.42 Å². The third kappa shape index (κ3) is 1.80. The minimum atomic E-state index is 0.962.